The summed E-state index contributed by atoms with van der Waals surface area (Å²) in [7, 11) is 3.19. The first-order chi connectivity index (χ1) is 14.0. The van der Waals surface area contributed by atoms with Crippen LogP contribution >= 0.6 is 0 Å². The first kappa shape index (κ1) is 20.0. The third-order valence-corrected chi connectivity index (χ3v) is 7.13. The normalized spacial score (nSPS) is 31.4. The van der Waals surface area contributed by atoms with Gasteiger partial charge in [-0.05, 0) is 43.7 Å². The number of benzene rings is 1. The molecule has 0 saturated carbocycles. The van der Waals surface area contributed by atoms with Gasteiger partial charge < -0.3 is 14.8 Å². The molecule has 0 bridgehead atoms. The maximum absolute atomic E-state index is 13.7. The van der Waals surface area contributed by atoms with Crippen LogP contribution in [0, 0.1) is 11.8 Å². The Morgan fingerprint density at radius 1 is 1.38 bits per heavy atom. The molecule has 0 aliphatic carbocycles. The van der Waals surface area contributed by atoms with Crippen molar-refractivity contribution in [2.75, 3.05) is 32.6 Å². The van der Waals surface area contributed by atoms with Crippen LogP contribution < -0.4 is 10.1 Å². The molecule has 0 aromatic heterocycles. The predicted molar refractivity (Wildman–Crippen MR) is 111 cm³/mol. The molecule has 3 heterocycles. The number of Topliss-reactive ketones (excluding diaryl/α,β-unsaturated/α-hetero) is 2. The predicted octanol–water partition coefficient (Wildman–Crippen LogP) is 3.28. The summed E-state index contributed by atoms with van der Waals surface area (Å²) in [6.07, 6.45) is 4.13. The minimum Gasteiger partial charge on any atom is -0.504 e. The summed E-state index contributed by atoms with van der Waals surface area (Å²) < 4.78 is 10.7. The number of nitrogens with zero attached hydrogens (tertiary/aromatic N) is 1. The smallest absolute Gasteiger partial charge is 0.195 e. The molecule has 156 valence electrons. The molecule has 4 rings (SSSR count). The Balaban J connectivity index is 1.71. The zero-order valence-electron chi connectivity index (χ0n) is 17.7. The highest BCUT2D eigenvalue weighted by molar-refractivity contribution is 6.16. The van der Waals surface area contributed by atoms with Crippen LogP contribution in [0.1, 0.15) is 43.5 Å². The number of rotatable bonds is 5. The zero-order valence-corrected chi connectivity index (χ0v) is 17.7. The van der Waals surface area contributed by atoms with E-state index in [0.29, 0.717) is 17.2 Å². The second-order valence-electron chi connectivity index (χ2n) is 8.44. The van der Waals surface area contributed by atoms with Gasteiger partial charge in [-0.3, -0.25) is 14.5 Å². The minimum atomic E-state index is -0.650. The Labute approximate surface area is 172 Å². The van der Waals surface area contributed by atoms with Gasteiger partial charge in [0.25, 0.3) is 0 Å². The fourth-order valence-electron chi connectivity index (χ4n) is 5.71. The molecule has 3 aliphatic rings. The van der Waals surface area contributed by atoms with E-state index in [4.69, 9.17) is 9.47 Å². The molecule has 6 heteroatoms. The molecule has 1 aromatic carbocycles. The van der Waals surface area contributed by atoms with Gasteiger partial charge in [0, 0.05) is 30.4 Å². The van der Waals surface area contributed by atoms with E-state index in [1.165, 1.54) is 0 Å². The summed E-state index contributed by atoms with van der Waals surface area (Å²) in [5.41, 5.74) is 1.60. The lowest BCUT2D eigenvalue weighted by Gasteiger charge is -2.45. The lowest BCUT2D eigenvalue weighted by molar-refractivity contribution is -0.114. The van der Waals surface area contributed by atoms with E-state index in [1.54, 1.807) is 27.4 Å². The quantitative estimate of drug-likeness (QED) is 0.606. The summed E-state index contributed by atoms with van der Waals surface area (Å²) in [5.74, 6) is 1.25. The molecule has 1 spiro atoms. The second kappa shape index (κ2) is 7.48. The largest absolute Gasteiger partial charge is 0.504 e. The number of ketones is 2. The van der Waals surface area contributed by atoms with Crippen molar-refractivity contribution in [2.45, 2.75) is 44.7 Å². The lowest BCUT2D eigenvalue weighted by Crippen LogP contribution is -2.57. The fourth-order valence-corrected chi connectivity index (χ4v) is 5.71. The highest BCUT2D eigenvalue weighted by Crippen LogP contribution is 2.50. The van der Waals surface area contributed by atoms with Crippen LogP contribution in [0.4, 0.5) is 5.69 Å². The third kappa shape index (κ3) is 2.96. The molecule has 3 aliphatic heterocycles. The molecule has 29 heavy (non-hydrogen) atoms. The molecular weight excluding hydrogens is 368 g/mol. The monoisotopic (exact) mass is 398 g/mol. The van der Waals surface area contributed by atoms with Crippen LogP contribution in [0.5, 0.6) is 5.75 Å². The van der Waals surface area contributed by atoms with Crippen LogP contribution in [0.25, 0.3) is 0 Å². The van der Waals surface area contributed by atoms with Gasteiger partial charge in [0.2, 0.25) is 0 Å². The zero-order chi connectivity index (χ0) is 20.8. The average Bonchev–Trinajstić information content (AvgIpc) is 3.22. The summed E-state index contributed by atoms with van der Waals surface area (Å²) in [4.78, 5) is 28.5. The van der Waals surface area contributed by atoms with E-state index >= 15 is 0 Å². The molecule has 0 amide bonds. The molecule has 4 atom stereocenters. The number of nitrogens with one attached hydrogen (secondary N) is 1. The van der Waals surface area contributed by atoms with E-state index in [1.807, 2.05) is 18.2 Å². The molecule has 2 saturated heterocycles. The Morgan fingerprint density at radius 3 is 2.83 bits per heavy atom. The highest BCUT2D eigenvalue weighted by atomic mass is 16.5. The number of methoxy groups -OCH3 is 2. The van der Waals surface area contributed by atoms with E-state index in [2.05, 4.69) is 17.1 Å². The van der Waals surface area contributed by atoms with Crippen LogP contribution in [-0.2, 0) is 9.53 Å². The minimum absolute atomic E-state index is 0.0412. The SMILES string of the molecule is CC[C@H]1CN2CC[C@]3(Nc4cccc(OC)c4C3=O)[C@@H]2C[C@@H]1/C(=C\OC)C(C)=O. The molecule has 2 fully saturated rings. The number of piperidine rings is 1. The van der Waals surface area contributed by atoms with Crippen molar-refractivity contribution in [2.24, 2.45) is 11.8 Å². The number of carbonyl (C=O) groups excluding carboxylic acids is 2. The molecular formula is C23H30N2O4. The lowest BCUT2D eigenvalue weighted by atomic mass is 9.71. The van der Waals surface area contributed by atoms with Gasteiger partial charge in [-0.2, -0.15) is 0 Å². The maximum atomic E-state index is 13.7. The summed E-state index contributed by atoms with van der Waals surface area (Å²) in [5, 5.41) is 3.58. The van der Waals surface area contributed by atoms with Crippen molar-refractivity contribution in [3.63, 3.8) is 0 Å². The van der Waals surface area contributed by atoms with Gasteiger partial charge in [-0.1, -0.05) is 19.4 Å². The van der Waals surface area contributed by atoms with Crippen molar-refractivity contribution >= 4 is 17.3 Å². The average molecular weight is 399 g/mol. The number of hydrogen-bond acceptors (Lipinski definition) is 6. The summed E-state index contributed by atoms with van der Waals surface area (Å²) >= 11 is 0. The number of anilines is 1. The number of allylic oxidation sites excluding steroid dienone is 1. The first-order valence-electron chi connectivity index (χ1n) is 10.4. The number of hydrogen-bond donors (Lipinski definition) is 1. The maximum Gasteiger partial charge on any atom is 0.195 e. The molecule has 6 nitrogen and oxygen atoms in total. The number of fused-ring (bicyclic) bond motifs is 3. The number of ether oxygens (including phenoxy) is 2. The summed E-state index contributed by atoms with van der Waals surface area (Å²) in [6, 6.07) is 5.75. The molecule has 0 radical (unpaired) electrons. The van der Waals surface area contributed by atoms with Gasteiger partial charge in [0.1, 0.15) is 11.3 Å². The van der Waals surface area contributed by atoms with Crippen LogP contribution in [-0.4, -0.2) is 55.4 Å². The van der Waals surface area contributed by atoms with Crippen LogP contribution in [0.15, 0.2) is 30.0 Å². The van der Waals surface area contributed by atoms with Crippen molar-refractivity contribution in [1.29, 1.82) is 0 Å². The van der Waals surface area contributed by atoms with Gasteiger partial charge in [0.15, 0.2) is 11.6 Å². The van der Waals surface area contributed by atoms with E-state index in [9.17, 15) is 9.59 Å². The number of carbonyl (C=O) groups is 2. The first-order valence-corrected chi connectivity index (χ1v) is 10.4. The van der Waals surface area contributed by atoms with Gasteiger partial charge in [0.05, 0.1) is 26.0 Å². The Kier molecular flexibility index (Phi) is 5.15. The second-order valence-corrected chi connectivity index (χ2v) is 8.44. The Morgan fingerprint density at radius 2 is 2.17 bits per heavy atom. The van der Waals surface area contributed by atoms with Crippen LogP contribution in [0.2, 0.25) is 0 Å². The Bertz CT molecular complexity index is 864. The van der Waals surface area contributed by atoms with Crippen molar-refractivity contribution in [3.05, 3.63) is 35.6 Å². The Hall–Kier alpha value is -2.34. The van der Waals surface area contributed by atoms with Crippen LogP contribution in [0.3, 0.4) is 0 Å². The third-order valence-electron chi connectivity index (χ3n) is 7.13. The van der Waals surface area contributed by atoms with E-state index < -0.39 is 5.54 Å². The fraction of sp³-hybridized carbons (Fsp3) is 0.565. The van der Waals surface area contributed by atoms with Crippen molar-refractivity contribution in [1.82, 2.24) is 4.90 Å². The highest BCUT2D eigenvalue weighted by Gasteiger charge is 2.59. The van der Waals surface area contributed by atoms with Gasteiger partial charge in [-0.15, -0.1) is 0 Å². The van der Waals surface area contributed by atoms with E-state index in [-0.39, 0.29) is 23.5 Å². The molecule has 0 unspecified atom stereocenters. The molecule has 1 aromatic rings. The van der Waals surface area contributed by atoms with Gasteiger partial charge >= 0.3 is 0 Å². The van der Waals surface area contributed by atoms with Crippen molar-refractivity contribution < 1.29 is 19.1 Å². The van der Waals surface area contributed by atoms with Crippen molar-refractivity contribution in [3.8, 4) is 5.75 Å². The van der Waals surface area contributed by atoms with E-state index in [0.717, 1.165) is 43.6 Å². The topological polar surface area (TPSA) is 67.9 Å². The standard InChI is InChI=1S/C23H30N2O4/c1-5-15-12-25-10-9-23(20(25)11-16(15)17(13-28-3)14(2)26)22(27)21-18(24-23)7-6-8-19(21)29-4/h6-8,13,15-16,20,24H,5,9-12H2,1-4H3/b17-13-/t15-,16-,20-,23-/m0/s1. The van der Waals surface area contributed by atoms with Gasteiger partial charge in [-0.25, -0.2) is 0 Å². The molecule has 1 N–H and O–H groups in total. The summed E-state index contributed by atoms with van der Waals surface area (Å²) in [6.45, 7) is 5.55.